The highest BCUT2D eigenvalue weighted by Gasteiger charge is 2.29. The second-order valence-electron chi connectivity index (χ2n) is 5.52. The van der Waals surface area contributed by atoms with Crippen LogP contribution in [0, 0.1) is 0 Å². The van der Waals surface area contributed by atoms with Crippen molar-refractivity contribution in [2.45, 2.75) is 51.8 Å². The van der Waals surface area contributed by atoms with E-state index < -0.39 is 0 Å². The quantitative estimate of drug-likeness (QED) is 0.583. The lowest BCUT2D eigenvalue weighted by Crippen LogP contribution is -2.37. The van der Waals surface area contributed by atoms with Crippen molar-refractivity contribution in [1.29, 1.82) is 0 Å². The molecule has 0 saturated heterocycles. The molecule has 110 valence electrons. The Labute approximate surface area is 115 Å². The number of methoxy groups -OCH3 is 2. The summed E-state index contributed by atoms with van der Waals surface area (Å²) in [6.45, 7) is 8.20. The van der Waals surface area contributed by atoms with E-state index in [1.165, 1.54) is 0 Å². The maximum Gasteiger partial charge on any atom is 0.161 e. The van der Waals surface area contributed by atoms with Crippen LogP contribution in [0.1, 0.15) is 51.9 Å². The van der Waals surface area contributed by atoms with E-state index in [4.69, 9.17) is 15.3 Å². The first kappa shape index (κ1) is 15.9. The van der Waals surface area contributed by atoms with Gasteiger partial charge in [-0.25, -0.2) is 0 Å². The second kappa shape index (κ2) is 6.36. The highest BCUT2D eigenvalue weighted by atomic mass is 16.5. The number of hydrogen-bond acceptors (Lipinski definition) is 5. The van der Waals surface area contributed by atoms with E-state index in [0.29, 0.717) is 0 Å². The van der Waals surface area contributed by atoms with Gasteiger partial charge in [-0.05, 0) is 34.1 Å². The SMILES string of the molecule is COc1cnn(C(C)C)c1C(CC(C)(C)OC)NN. The van der Waals surface area contributed by atoms with Gasteiger partial charge >= 0.3 is 0 Å². The fourth-order valence-electron chi connectivity index (χ4n) is 2.07. The predicted molar refractivity (Wildman–Crippen MR) is 74.9 cm³/mol. The van der Waals surface area contributed by atoms with Crippen LogP contribution in [0.15, 0.2) is 6.20 Å². The molecule has 0 aliphatic heterocycles. The monoisotopic (exact) mass is 270 g/mol. The average Bonchev–Trinajstić information content (AvgIpc) is 2.79. The molecule has 0 aromatic carbocycles. The third-order valence-electron chi connectivity index (χ3n) is 3.29. The van der Waals surface area contributed by atoms with Gasteiger partial charge in [-0.3, -0.25) is 16.0 Å². The molecule has 1 unspecified atom stereocenters. The molecule has 1 aromatic heterocycles. The molecule has 1 aromatic rings. The van der Waals surface area contributed by atoms with E-state index in [-0.39, 0.29) is 17.7 Å². The van der Waals surface area contributed by atoms with Gasteiger partial charge < -0.3 is 9.47 Å². The van der Waals surface area contributed by atoms with Crippen LogP contribution in [-0.4, -0.2) is 29.6 Å². The first-order valence-electron chi connectivity index (χ1n) is 6.49. The summed E-state index contributed by atoms with van der Waals surface area (Å²) in [6, 6.07) is 0.148. The van der Waals surface area contributed by atoms with Gasteiger partial charge in [0.25, 0.3) is 0 Å². The Morgan fingerprint density at radius 1 is 1.42 bits per heavy atom. The van der Waals surface area contributed by atoms with Crippen LogP contribution in [0.3, 0.4) is 0 Å². The first-order chi connectivity index (χ1) is 8.86. The lowest BCUT2D eigenvalue weighted by atomic mass is 9.96. The molecule has 1 heterocycles. The van der Waals surface area contributed by atoms with E-state index in [9.17, 15) is 0 Å². The van der Waals surface area contributed by atoms with Gasteiger partial charge in [0.1, 0.15) is 0 Å². The van der Waals surface area contributed by atoms with Crippen molar-refractivity contribution in [2.75, 3.05) is 14.2 Å². The summed E-state index contributed by atoms with van der Waals surface area (Å²) in [5.41, 5.74) is 3.51. The van der Waals surface area contributed by atoms with Gasteiger partial charge in [-0.2, -0.15) is 5.10 Å². The molecule has 1 atom stereocenters. The van der Waals surface area contributed by atoms with Gasteiger partial charge in [-0.15, -0.1) is 0 Å². The van der Waals surface area contributed by atoms with Crippen LogP contribution in [0.25, 0.3) is 0 Å². The summed E-state index contributed by atoms with van der Waals surface area (Å²) in [4.78, 5) is 0. The lowest BCUT2D eigenvalue weighted by molar-refractivity contribution is 0.00582. The molecule has 0 radical (unpaired) electrons. The molecule has 0 spiro atoms. The highest BCUT2D eigenvalue weighted by molar-refractivity contribution is 5.29. The molecule has 6 heteroatoms. The molecular weight excluding hydrogens is 244 g/mol. The molecule has 6 nitrogen and oxygen atoms in total. The van der Waals surface area contributed by atoms with E-state index in [0.717, 1.165) is 17.9 Å². The molecule has 0 amide bonds. The third-order valence-corrected chi connectivity index (χ3v) is 3.29. The molecule has 0 bridgehead atoms. The number of nitrogens with zero attached hydrogens (tertiary/aromatic N) is 2. The maximum absolute atomic E-state index is 5.72. The zero-order valence-corrected chi connectivity index (χ0v) is 12.7. The lowest BCUT2D eigenvalue weighted by Gasteiger charge is -2.29. The van der Waals surface area contributed by atoms with Gasteiger partial charge in [0.05, 0.1) is 30.6 Å². The van der Waals surface area contributed by atoms with Crippen LogP contribution < -0.4 is 16.0 Å². The second-order valence-corrected chi connectivity index (χ2v) is 5.52. The smallest absolute Gasteiger partial charge is 0.161 e. The number of nitrogens with one attached hydrogen (secondary N) is 1. The summed E-state index contributed by atoms with van der Waals surface area (Å²) in [6.07, 6.45) is 2.44. The minimum Gasteiger partial charge on any atom is -0.493 e. The Kier molecular flexibility index (Phi) is 5.34. The summed E-state index contributed by atoms with van der Waals surface area (Å²) in [7, 11) is 3.34. The summed E-state index contributed by atoms with van der Waals surface area (Å²) >= 11 is 0. The predicted octanol–water partition coefficient (Wildman–Crippen LogP) is 1.79. The summed E-state index contributed by atoms with van der Waals surface area (Å²) in [5.74, 6) is 6.46. The fraction of sp³-hybridized carbons (Fsp3) is 0.769. The standard InChI is InChI=1S/C13H26N4O2/c1-9(2)17-12(11(18-5)8-15-17)10(16-14)7-13(3,4)19-6/h8-10,16H,7,14H2,1-6H3. The van der Waals surface area contributed by atoms with Crippen molar-refractivity contribution in [1.82, 2.24) is 15.2 Å². The van der Waals surface area contributed by atoms with Gasteiger partial charge in [0.15, 0.2) is 5.75 Å². The van der Waals surface area contributed by atoms with Crippen molar-refractivity contribution >= 4 is 0 Å². The number of aromatic nitrogens is 2. The number of ether oxygens (including phenoxy) is 2. The molecule has 3 N–H and O–H groups in total. The van der Waals surface area contributed by atoms with Gasteiger partial charge in [0, 0.05) is 13.2 Å². The van der Waals surface area contributed by atoms with E-state index in [1.54, 1.807) is 20.4 Å². The maximum atomic E-state index is 5.72. The highest BCUT2D eigenvalue weighted by Crippen LogP contribution is 2.32. The Morgan fingerprint density at radius 2 is 2.05 bits per heavy atom. The Morgan fingerprint density at radius 3 is 2.47 bits per heavy atom. The van der Waals surface area contributed by atoms with Crippen molar-refractivity contribution in [3.05, 3.63) is 11.9 Å². The number of rotatable bonds is 7. The Bertz CT molecular complexity index is 401. The molecule has 0 fully saturated rings. The largest absolute Gasteiger partial charge is 0.493 e. The normalized spacial score (nSPS) is 13.9. The molecule has 19 heavy (non-hydrogen) atoms. The van der Waals surface area contributed by atoms with E-state index >= 15 is 0 Å². The minimum absolute atomic E-state index is 0.0881. The molecule has 0 saturated carbocycles. The number of hydrazine groups is 1. The molecule has 0 aliphatic carbocycles. The Balaban J connectivity index is 3.12. The number of nitrogens with two attached hydrogens (primary N) is 1. The van der Waals surface area contributed by atoms with Crippen LogP contribution in [0.2, 0.25) is 0 Å². The zero-order valence-electron chi connectivity index (χ0n) is 12.7. The topological polar surface area (TPSA) is 74.3 Å². The average molecular weight is 270 g/mol. The van der Waals surface area contributed by atoms with Crippen LogP contribution in [0.5, 0.6) is 5.75 Å². The Hall–Kier alpha value is -1.11. The van der Waals surface area contributed by atoms with Gasteiger partial charge in [0.2, 0.25) is 0 Å². The van der Waals surface area contributed by atoms with Crippen LogP contribution >= 0.6 is 0 Å². The van der Waals surface area contributed by atoms with Gasteiger partial charge in [-0.1, -0.05) is 0 Å². The van der Waals surface area contributed by atoms with Crippen LogP contribution in [-0.2, 0) is 4.74 Å². The molecule has 1 rings (SSSR count). The summed E-state index contributed by atoms with van der Waals surface area (Å²) in [5, 5.41) is 4.37. The van der Waals surface area contributed by atoms with Crippen LogP contribution in [0.4, 0.5) is 0 Å². The third kappa shape index (κ3) is 3.68. The molecule has 0 aliphatic rings. The van der Waals surface area contributed by atoms with E-state index in [2.05, 4.69) is 24.4 Å². The van der Waals surface area contributed by atoms with Crippen molar-refractivity contribution in [2.24, 2.45) is 5.84 Å². The first-order valence-corrected chi connectivity index (χ1v) is 6.49. The number of hydrogen-bond donors (Lipinski definition) is 2. The van der Waals surface area contributed by atoms with Crippen molar-refractivity contribution < 1.29 is 9.47 Å². The van der Waals surface area contributed by atoms with Crippen molar-refractivity contribution in [3.63, 3.8) is 0 Å². The molecular formula is C13H26N4O2. The van der Waals surface area contributed by atoms with E-state index in [1.807, 2.05) is 18.5 Å². The van der Waals surface area contributed by atoms with Crippen molar-refractivity contribution in [3.8, 4) is 5.75 Å². The fourth-order valence-corrected chi connectivity index (χ4v) is 2.07. The minimum atomic E-state index is -0.284. The zero-order chi connectivity index (χ0) is 14.6. The summed E-state index contributed by atoms with van der Waals surface area (Å²) < 4.78 is 12.8.